The molecule has 138 valence electrons. The highest BCUT2D eigenvalue weighted by Gasteiger charge is 2.10. The standard InChI is InChI=1S/C24H17Cl2NO/c1-28-22-4-2-3-18(13-22)19-14-23(16-5-9-20(25)10-6-16)27-24(15-19)17-7-11-21(26)12-8-17/h2-15H,1H3. The minimum absolute atomic E-state index is 0.700. The molecule has 4 rings (SSSR count). The number of methoxy groups -OCH3 is 1. The van der Waals surface area contributed by atoms with Crippen molar-refractivity contribution < 1.29 is 4.74 Å². The normalized spacial score (nSPS) is 10.7. The second kappa shape index (κ2) is 8.05. The van der Waals surface area contributed by atoms with Crippen LogP contribution >= 0.6 is 23.2 Å². The summed E-state index contributed by atoms with van der Waals surface area (Å²) in [5.41, 5.74) is 5.88. The van der Waals surface area contributed by atoms with Gasteiger partial charge in [0.15, 0.2) is 0 Å². The Hall–Kier alpha value is -2.81. The molecule has 0 aliphatic rings. The lowest BCUT2D eigenvalue weighted by Crippen LogP contribution is -1.91. The van der Waals surface area contributed by atoms with E-state index in [1.54, 1.807) is 7.11 Å². The van der Waals surface area contributed by atoms with Crippen LogP contribution in [0.3, 0.4) is 0 Å². The number of aromatic nitrogens is 1. The fraction of sp³-hybridized carbons (Fsp3) is 0.0417. The van der Waals surface area contributed by atoms with Crippen molar-refractivity contribution in [2.75, 3.05) is 7.11 Å². The van der Waals surface area contributed by atoms with Crippen LogP contribution in [0, 0.1) is 0 Å². The predicted octanol–water partition coefficient (Wildman–Crippen LogP) is 7.40. The van der Waals surface area contributed by atoms with Crippen LogP contribution in [0.2, 0.25) is 10.0 Å². The maximum Gasteiger partial charge on any atom is 0.119 e. The van der Waals surface area contributed by atoms with Gasteiger partial charge < -0.3 is 4.74 Å². The predicted molar refractivity (Wildman–Crippen MR) is 117 cm³/mol. The molecule has 0 saturated heterocycles. The van der Waals surface area contributed by atoms with Crippen LogP contribution in [-0.4, -0.2) is 12.1 Å². The summed E-state index contributed by atoms with van der Waals surface area (Å²) >= 11 is 12.1. The van der Waals surface area contributed by atoms with E-state index in [4.69, 9.17) is 32.9 Å². The highest BCUT2D eigenvalue weighted by molar-refractivity contribution is 6.30. The first kappa shape index (κ1) is 18.5. The molecule has 0 unspecified atom stereocenters. The smallest absolute Gasteiger partial charge is 0.119 e. The van der Waals surface area contributed by atoms with Gasteiger partial charge in [0.2, 0.25) is 0 Å². The van der Waals surface area contributed by atoms with Gasteiger partial charge in [-0.25, -0.2) is 4.98 Å². The van der Waals surface area contributed by atoms with Crippen LogP contribution in [0.5, 0.6) is 5.75 Å². The first-order valence-electron chi connectivity index (χ1n) is 8.81. The van der Waals surface area contributed by atoms with Crippen molar-refractivity contribution >= 4 is 23.2 Å². The van der Waals surface area contributed by atoms with E-state index in [0.717, 1.165) is 39.4 Å². The summed E-state index contributed by atoms with van der Waals surface area (Å²) in [4.78, 5) is 4.88. The lowest BCUT2D eigenvalue weighted by atomic mass is 10.00. The van der Waals surface area contributed by atoms with Gasteiger partial charge in [-0.1, -0.05) is 59.6 Å². The number of hydrogen-bond donors (Lipinski definition) is 0. The second-order valence-corrected chi connectivity index (χ2v) is 7.24. The third kappa shape index (κ3) is 4.04. The van der Waals surface area contributed by atoms with Gasteiger partial charge in [0, 0.05) is 21.2 Å². The van der Waals surface area contributed by atoms with Crippen molar-refractivity contribution in [2.45, 2.75) is 0 Å². The van der Waals surface area contributed by atoms with Gasteiger partial charge in [0.05, 0.1) is 18.5 Å². The summed E-state index contributed by atoms with van der Waals surface area (Å²) in [6, 6.07) is 27.6. The van der Waals surface area contributed by atoms with E-state index in [9.17, 15) is 0 Å². The summed E-state index contributed by atoms with van der Waals surface area (Å²) in [5.74, 6) is 0.815. The molecule has 0 radical (unpaired) electrons. The van der Waals surface area contributed by atoms with Crippen LogP contribution in [0.4, 0.5) is 0 Å². The monoisotopic (exact) mass is 405 g/mol. The SMILES string of the molecule is COc1cccc(-c2cc(-c3ccc(Cl)cc3)nc(-c3ccc(Cl)cc3)c2)c1. The van der Waals surface area contributed by atoms with Gasteiger partial charge in [-0.2, -0.15) is 0 Å². The van der Waals surface area contributed by atoms with Crippen LogP contribution in [0.25, 0.3) is 33.6 Å². The Labute approximate surface area is 174 Å². The Kier molecular flexibility index (Phi) is 5.34. The van der Waals surface area contributed by atoms with Crippen LogP contribution in [0.1, 0.15) is 0 Å². The molecule has 0 saturated carbocycles. The summed E-state index contributed by atoms with van der Waals surface area (Å²) in [6.45, 7) is 0. The van der Waals surface area contributed by atoms with Crippen molar-refractivity contribution in [3.63, 3.8) is 0 Å². The van der Waals surface area contributed by atoms with Crippen molar-refractivity contribution in [2.24, 2.45) is 0 Å². The van der Waals surface area contributed by atoms with E-state index < -0.39 is 0 Å². The quantitative estimate of drug-likeness (QED) is 0.352. The van der Waals surface area contributed by atoms with E-state index in [2.05, 4.69) is 18.2 Å². The van der Waals surface area contributed by atoms with Gasteiger partial charge in [-0.15, -0.1) is 0 Å². The van der Waals surface area contributed by atoms with Gasteiger partial charge >= 0.3 is 0 Å². The molecule has 3 aromatic carbocycles. The Morgan fingerprint density at radius 3 is 1.64 bits per heavy atom. The van der Waals surface area contributed by atoms with E-state index >= 15 is 0 Å². The molecule has 0 spiro atoms. The molecule has 0 N–H and O–H groups in total. The number of hydrogen-bond acceptors (Lipinski definition) is 2. The Morgan fingerprint density at radius 2 is 1.14 bits per heavy atom. The van der Waals surface area contributed by atoms with E-state index in [1.807, 2.05) is 66.7 Å². The van der Waals surface area contributed by atoms with E-state index in [-0.39, 0.29) is 0 Å². The first-order chi connectivity index (χ1) is 13.6. The highest BCUT2D eigenvalue weighted by atomic mass is 35.5. The number of nitrogens with zero attached hydrogens (tertiary/aromatic N) is 1. The number of benzene rings is 3. The fourth-order valence-electron chi connectivity index (χ4n) is 3.04. The molecule has 4 aromatic rings. The molecule has 0 bridgehead atoms. The molecular weight excluding hydrogens is 389 g/mol. The molecule has 0 aliphatic carbocycles. The molecule has 1 aromatic heterocycles. The lowest BCUT2D eigenvalue weighted by molar-refractivity contribution is 0.415. The van der Waals surface area contributed by atoms with Crippen molar-refractivity contribution in [3.05, 3.63) is 95.0 Å². The number of halogens is 2. The second-order valence-electron chi connectivity index (χ2n) is 6.37. The first-order valence-corrected chi connectivity index (χ1v) is 9.56. The summed E-state index contributed by atoms with van der Waals surface area (Å²) < 4.78 is 5.39. The molecule has 4 heteroatoms. The third-order valence-corrected chi connectivity index (χ3v) is 5.01. The molecule has 1 heterocycles. The zero-order chi connectivity index (χ0) is 19.5. The van der Waals surface area contributed by atoms with Crippen LogP contribution in [-0.2, 0) is 0 Å². The average Bonchev–Trinajstić information content (AvgIpc) is 2.74. The number of ether oxygens (including phenoxy) is 1. The minimum Gasteiger partial charge on any atom is -0.497 e. The van der Waals surface area contributed by atoms with Crippen molar-refractivity contribution in [1.82, 2.24) is 4.98 Å². The molecule has 2 nitrogen and oxygen atoms in total. The number of pyridine rings is 1. The topological polar surface area (TPSA) is 22.1 Å². The zero-order valence-electron chi connectivity index (χ0n) is 15.2. The molecule has 0 aliphatic heterocycles. The molecule has 0 amide bonds. The van der Waals surface area contributed by atoms with Crippen LogP contribution < -0.4 is 4.74 Å². The Morgan fingerprint density at radius 1 is 0.607 bits per heavy atom. The van der Waals surface area contributed by atoms with Gasteiger partial charge in [0.1, 0.15) is 5.75 Å². The van der Waals surface area contributed by atoms with E-state index in [1.165, 1.54) is 0 Å². The summed E-state index contributed by atoms with van der Waals surface area (Å²) in [6.07, 6.45) is 0. The largest absolute Gasteiger partial charge is 0.497 e. The summed E-state index contributed by atoms with van der Waals surface area (Å²) in [5, 5.41) is 1.40. The number of rotatable bonds is 4. The average molecular weight is 406 g/mol. The lowest BCUT2D eigenvalue weighted by Gasteiger charge is -2.11. The van der Waals surface area contributed by atoms with Crippen LogP contribution in [0.15, 0.2) is 84.9 Å². The third-order valence-electron chi connectivity index (χ3n) is 4.51. The zero-order valence-corrected chi connectivity index (χ0v) is 16.7. The Balaban J connectivity index is 1.89. The highest BCUT2D eigenvalue weighted by Crippen LogP contribution is 2.32. The van der Waals surface area contributed by atoms with E-state index in [0.29, 0.717) is 10.0 Å². The maximum atomic E-state index is 6.05. The molecular formula is C24H17Cl2NO. The van der Waals surface area contributed by atoms with Gasteiger partial charge in [0.25, 0.3) is 0 Å². The molecule has 28 heavy (non-hydrogen) atoms. The van der Waals surface area contributed by atoms with Crippen molar-refractivity contribution in [3.8, 4) is 39.4 Å². The van der Waals surface area contributed by atoms with Gasteiger partial charge in [-0.3, -0.25) is 0 Å². The minimum atomic E-state index is 0.700. The molecule has 0 fully saturated rings. The molecule has 0 atom stereocenters. The van der Waals surface area contributed by atoms with Crippen molar-refractivity contribution in [1.29, 1.82) is 0 Å². The maximum absolute atomic E-state index is 6.05. The van der Waals surface area contributed by atoms with Gasteiger partial charge in [-0.05, 0) is 59.7 Å². The Bertz CT molecular complexity index is 1040. The fourth-order valence-corrected chi connectivity index (χ4v) is 3.29. The summed E-state index contributed by atoms with van der Waals surface area (Å²) in [7, 11) is 1.67.